The molecule has 0 heterocycles. The van der Waals surface area contributed by atoms with Crippen molar-refractivity contribution in [3.63, 3.8) is 0 Å². The van der Waals surface area contributed by atoms with Crippen LogP contribution in [0, 0.1) is 11.5 Å². The first-order chi connectivity index (χ1) is 4.58. The molecule has 0 radical (unpaired) electrons. The molecule has 0 atom stereocenters. The van der Waals surface area contributed by atoms with Crippen LogP contribution >= 0.6 is 24.8 Å². The van der Waals surface area contributed by atoms with Crippen LogP contribution < -0.4 is 0 Å². The number of hydrogen-bond donors (Lipinski definition) is 0. The number of halogens is 2. The van der Waals surface area contributed by atoms with Gasteiger partial charge in [-0.2, -0.15) is 6.08 Å². The molecule has 1 aliphatic rings. The summed E-state index contributed by atoms with van der Waals surface area (Å²) in [5.41, 5.74) is 1.88. The summed E-state index contributed by atoms with van der Waals surface area (Å²) in [6.45, 7) is 6.79. The van der Waals surface area contributed by atoms with Crippen LogP contribution in [0.15, 0.2) is 17.7 Å². The quantitative estimate of drug-likeness (QED) is 0.473. The first-order valence-electron chi connectivity index (χ1n) is 3.83. The molecule has 0 aromatic rings. The van der Waals surface area contributed by atoms with Crippen LogP contribution in [0.3, 0.4) is 0 Å². The molecular weight excluding hydrogens is 370 g/mol. The average Bonchev–Trinajstić information content (AvgIpc) is 2.12. The predicted octanol–water partition coefficient (Wildman–Crippen LogP) is 3.95. The molecule has 0 spiro atoms. The molecule has 0 saturated carbocycles. The van der Waals surface area contributed by atoms with Gasteiger partial charge in [0.1, 0.15) is 0 Å². The van der Waals surface area contributed by atoms with Crippen LogP contribution in [0.5, 0.6) is 0 Å². The number of hydrogen-bond acceptors (Lipinski definition) is 0. The molecule has 0 saturated heterocycles. The van der Waals surface area contributed by atoms with Crippen molar-refractivity contribution in [3.8, 4) is 0 Å². The minimum Gasteiger partial charge on any atom is -0.273 e. The maximum Gasteiger partial charge on any atom is 0 e. The zero-order valence-electron chi connectivity index (χ0n) is 8.39. The maximum absolute atomic E-state index is 3.18. The third kappa shape index (κ3) is 9.24. The molecule has 0 aromatic carbocycles. The van der Waals surface area contributed by atoms with Crippen LogP contribution in [0.4, 0.5) is 0 Å². The van der Waals surface area contributed by atoms with Crippen LogP contribution in [0.25, 0.3) is 0 Å². The van der Waals surface area contributed by atoms with Crippen molar-refractivity contribution < 1.29 is 25.8 Å². The van der Waals surface area contributed by atoms with E-state index in [1.54, 1.807) is 0 Å². The zero-order valence-corrected chi connectivity index (χ0v) is 13.6. The van der Waals surface area contributed by atoms with Crippen LogP contribution in [0.1, 0.15) is 33.6 Å². The van der Waals surface area contributed by atoms with Gasteiger partial charge in [0, 0.05) is 25.8 Å². The van der Waals surface area contributed by atoms with Gasteiger partial charge in [0.15, 0.2) is 0 Å². The fourth-order valence-electron chi connectivity index (χ4n) is 1.17. The van der Waals surface area contributed by atoms with Gasteiger partial charge < -0.3 is 0 Å². The average molecular weight is 387 g/mol. The molecule has 3 heteroatoms. The molecule has 0 nitrogen and oxygen atoms in total. The Morgan fingerprint density at radius 2 is 1.85 bits per heavy atom. The van der Waals surface area contributed by atoms with Crippen molar-refractivity contribution in [2.75, 3.05) is 0 Å². The Morgan fingerprint density at radius 3 is 2.15 bits per heavy atom. The molecule has 0 aromatic heterocycles. The fourth-order valence-corrected chi connectivity index (χ4v) is 1.17. The summed E-state index contributed by atoms with van der Waals surface area (Å²) >= 11 is 0. The summed E-state index contributed by atoms with van der Waals surface area (Å²) in [7, 11) is 0. The van der Waals surface area contributed by atoms with Gasteiger partial charge in [-0.05, 0) is 5.41 Å². The summed E-state index contributed by atoms with van der Waals surface area (Å²) in [5.74, 6) is 0. The fraction of sp³-hybridized carbons (Fsp3) is 0.600. The second-order valence-electron chi connectivity index (χ2n) is 4.07. The summed E-state index contributed by atoms with van der Waals surface area (Å²) in [5, 5.41) is 0. The molecule has 0 aliphatic heterocycles. The van der Waals surface area contributed by atoms with Crippen molar-refractivity contribution in [3.05, 3.63) is 23.8 Å². The second kappa shape index (κ2) is 8.26. The molecule has 0 N–H and O–H groups in total. The monoisotopic (exact) mass is 387 g/mol. The third-order valence-electron chi connectivity index (χ3n) is 1.50. The van der Waals surface area contributed by atoms with E-state index in [4.69, 9.17) is 0 Å². The van der Waals surface area contributed by atoms with Gasteiger partial charge in [0.05, 0.1) is 0 Å². The zero-order chi connectivity index (χ0) is 7.61. The molecule has 1 aliphatic carbocycles. The SMILES string of the molecule is CC(C)(C)CC1=CC[C-]=C1.Cl.Cl.[Hf]. The molecule has 0 bridgehead atoms. The summed E-state index contributed by atoms with van der Waals surface area (Å²) in [4.78, 5) is 0. The predicted molar refractivity (Wildman–Crippen MR) is 59.1 cm³/mol. The third-order valence-corrected chi connectivity index (χ3v) is 1.50. The Hall–Kier alpha value is 0.930. The van der Waals surface area contributed by atoms with E-state index in [0.29, 0.717) is 5.41 Å². The van der Waals surface area contributed by atoms with Gasteiger partial charge in [-0.1, -0.05) is 27.2 Å². The van der Waals surface area contributed by atoms with E-state index in [-0.39, 0.29) is 50.7 Å². The largest absolute Gasteiger partial charge is 0.273 e. The number of allylic oxidation sites excluding steroid dienone is 4. The summed E-state index contributed by atoms with van der Waals surface area (Å²) < 4.78 is 0. The van der Waals surface area contributed by atoms with E-state index in [1.165, 1.54) is 12.0 Å². The minimum absolute atomic E-state index is 0. The van der Waals surface area contributed by atoms with E-state index in [2.05, 4.69) is 39.0 Å². The van der Waals surface area contributed by atoms with Gasteiger partial charge in [-0.3, -0.25) is 6.08 Å². The van der Waals surface area contributed by atoms with Crippen LogP contribution in [-0.2, 0) is 25.8 Å². The summed E-state index contributed by atoms with van der Waals surface area (Å²) in [6.07, 6.45) is 9.75. The molecule has 76 valence electrons. The normalized spacial score (nSPS) is 13.6. The van der Waals surface area contributed by atoms with Crippen molar-refractivity contribution in [1.82, 2.24) is 0 Å². The Bertz CT molecular complexity index is 178. The van der Waals surface area contributed by atoms with Crippen LogP contribution in [-0.4, -0.2) is 0 Å². The van der Waals surface area contributed by atoms with Crippen molar-refractivity contribution in [1.29, 1.82) is 0 Å². The van der Waals surface area contributed by atoms with E-state index in [9.17, 15) is 0 Å². The molecule has 1 rings (SSSR count). The molecular formula is C10H17Cl2Hf-. The molecule has 13 heavy (non-hydrogen) atoms. The Labute approximate surface area is 113 Å². The second-order valence-corrected chi connectivity index (χ2v) is 4.07. The van der Waals surface area contributed by atoms with Crippen molar-refractivity contribution in [2.45, 2.75) is 33.6 Å². The smallest absolute Gasteiger partial charge is 0 e. The van der Waals surface area contributed by atoms with Gasteiger partial charge in [-0.25, -0.2) is 11.6 Å². The first-order valence-corrected chi connectivity index (χ1v) is 3.83. The van der Waals surface area contributed by atoms with Crippen molar-refractivity contribution in [2.24, 2.45) is 5.41 Å². The van der Waals surface area contributed by atoms with Gasteiger partial charge >= 0.3 is 0 Å². The Morgan fingerprint density at radius 1 is 1.31 bits per heavy atom. The standard InChI is InChI=1S/C10H15.2ClH.Hf/c1-10(2,3)8-9-6-4-5-7-9;;;/h6-7H,4,8H2,1-3H3;2*1H;/q-1;;;. The van der Waals surface area contributed by atoms with Crippen molar-refractivity contribution >= 4 is 24.8 Å². The van der Waals surface area contributed by atoms with E-state index < -0.39 is 0 Å². The van der Waals surface area contributed by atoms with E-state index in [1.807, 2.05) is 0 Å². The minimum atomic E-state index is 0. The molecule has 0 unspecified atom stereocenters. The molecule has 0 amide bonds. The Balaban J connectivity index is -0.000000333. The van der Waals surface area contributed by atoms with Gasteiger partial charge in [-0.15, -0.1) is 31.2 Å². The maximum atomic E-state index is 3.18. The number of rotatable bonds is 1. The van der Waals surface area contributed by atoms with Gasteiger partial charge in [0.2, 0.25) is 0 Å². The van der Waals surface area contributed by atoms with E-state index >= 15 is 0 Å². The molecule has 0 fully saturated rings. The van der Waals surface area contributed by atoms with E-state index in [0.717, 1.165) is 6.42 Å². The summed E-state index contributed by atoms with van der Waals surface area (Å²) in [6, 6.07) is 0. The van der Waals surface area contributed by atoms with Gasteiger partial charge in [0.25, 0.3) is 0 Å². The Kier molecular flexibility index (Phi) is 12.4. The van der Waals surface area contributed by atoms with Crippen LogP contribution in [0.2, 0.25) is 0 Å². The first kappa shape index (κ1) is 19.5. The topological polar surface area (TPSA) is 0 Å².